The van der Waals surface area contributed by atoms with Gasteiger partial charge in [0.2, 0.25) is 0 Å². The summed E-state index contributed by atoms with van der Waals surface area (Å²) in [6.07, 6.45) is 14.7. The van der Waals surface area contributed by atoms with E-state index in [-0.39, 0.29) is 13.2 Å². The lowest BCUT2D eigenvalue weighted by molar-refractivity contribution is -0.139. The maximum absolute atomic E-state index is 12.8. The summed E-state index contributed by atoms with van der Waals surface area (Å²) in [7, 11) is 0. The van der Waals surface area contributed by atoms with Crippen LogP contribution in [0, 0.1) is 6.92 Å². The first-order valence-corrected chi connectivity index (χ1v) is 14.7. The number of rotatable bonds is 16. The van der Waals surface area contributed by atoms with E-state index in [0.29, 0.717) is 67.1 Å². The smallest absolute Gasteiger partial charge is 0.343 e. The highest BCUT2D eigenvalue weighted by Gasteiger charge is 2.27. The van der Waals surface area contributed by atoms with E-state index in [1.165, 1.54) is 0 Å². The molecule has 0 fully saturated rings. The summed E-state index contributed by atoms with van der Waals surface area (Å²) in [4.78, 5) is 47.8. The molecule has 10 heteroatoms. The van der Waals surface area contributed by atoms with Crippen molar-refractivity contribution in [1.29, 1.82) is 0 Å². The lowest BCUT2D eigenvalue weighted by atomic mass is 9.93. The molecule has 0 amide bonds. The highest BCUT2D eigenvalue weighted by molar-refractivity contribution is 5.94. The Balaban J connectivity index is 1.44. The molecule has 0 radical (unpaired) electrons. The van der Waals surface area contributed by atoms with Crippen LogP contribution in [0.25, 0.3) is 0 Å². The first kappa shape index (κ1) is 34.9. The van der Waals surface area contributed by atoms with Gasteiger partial charge in [0.15, 0.2) is 0 Å². The Morgan fingerprint density at radius 3 is 1.67 bits per heavy atom. The van der Waals surface area contributed by atoms with E-state index in [4.69, 9.17) is 28.4 Å². The predicted molar refractivity (Wildman–Crippen MR) is 166 cm³/mol. The molecule has 0 spiro atoms. The number of esters is 4. The Bertz CT molecular complexity index is 1420. The predicted octanol–water partition coefficient (Wildman–Crippen LogP) is 5.37. The third kappa shape index (κ3) is 11.2. The summed E-state index contributed by atoms with van der Waals surface area (Å²) < 4.78 is 32.8. The van der Waals surface area contributed by atoms with Gasteiger partial charge in [-0.3, -0.25) is 0 Å². The van der Waals surface area contributed by atoms with Crippen LogP contribution < -0.4 is 9.47 Å². The number of carbonyl (C=O) groups excluding carboxylic acids is 4. The van der Waals surface area contributed by atoms with Crippen molar-refractivity contribution in [3.05, 3.63) is 96.7 Å². The van der Waals surface area contributed by atoms with Crippen LogP contribution in [0.15, 0.2) is 91.1 Å². The standard InChI is InChI=1S/C35H40O10/c1-6-30(36)40-20-8-22-42-34(4)16-12-26(13-17-34)32(38)44-28-10-11-29(25(3)24-28)45-33(39)27-14-18-35(5,19-15-27)43-23-9-21-41-31(37)7-2/h6-7,10-16,18,24H,1-2,8-9,17,19-23H2,3-5H3. The van der Waals surface area contributed by atoms with Gasteiger partial charge in [0, 0.05) is 25.0 Å². The Labute approximate surface area is 263 Å². The lowest BCUT2D eigenvalue weighted by Crippen LogP contribution is -2.29. The quantitative estimate of drug-likeness (QED) is 0.103. The number of benzene rings is 1. The van der Waals surface area contributed by atoms with Crippen LogP contribution in [-0.2, 0) is 38.1 Å². The van der Waals surface area contributed by atoms with Crippen molar-refractivity contribution >= 4 is 23.9 Å². The summed E-state index contributed by atoms with van der Waals surface area (Å²) in [6, 6.07) is 4.77. The second kappa shape index (κ2) is 16.5. The van der Waals surface area contributed by atoms with E-state index in [9.17, 15) is 19.2 Å². The topological polar surface area (TPSA) is 124 Å². The monoisotopic (exact) mass is 620 g/mol. The third-order valence-electron chi connectivity index (χ3n) is 6.98. The zero-order chi connectivity index (χ0) is 32.9. The third-order valence-corrected chi connectivity index (χ3v) is 6.98. The van der Waals surface area contributed by atoms with Crippen LogP contribution in [0.5, 0.6) is 11.5 Å². The summed E-state index contributed by atoms with van der Waals surface area (Å²) in [5.74, 6) is -1.32. The molecule has 1 aromatic carbocycles. The first-order valence-electron chi connectivity index (χ1n) is 14.7. The zero-order valence-electron chi connectivity index (χ0n) is 26.0. The molecular weight excluding hydrogens is 580 g/mol. The second-order valence-electron chi connectivity index (χ2n) is 10.9. The Morgan fingerprint density at radius 2 is 1.24 bits per heavy atom. The molecule has 1 aromatic rings. The van der Waals surface area contributed by atoms with E-state index in [1.54, 1.807) is 55.5 Å². The van der Waals surface area contributed by atoms with Gasteiger partial charge in [-0.2, -0.15) is 0 Å². The van der Waals surface area contributed by atoms with Crippen molar-refractivity contribution in [1.82, 2.24) is 0 Å². The van der Waals surface area contributed by atoms with E-state index < -0.39 is 35.1 Å². The zero-order valence-corrected chi connectivity index (χ0v) is 26.0. The number of hydrogen-bond acceptors (Lipinski definition) is 10. The van der Waals surface area contributed by atoms with Gasteiger partial charge in [-0.25, -0.2) is 19.2 Å². The van der Waals surface area contributed by atoms with Crippen molar-refractivity contribution in [2.45, 2.75) is 57.7 Å². The van der Waals surface area contributed by atoms with E-state index in [1.807, 2.05) is 19.9 Å². The SMILES string of the molecule is C=CC(=O)OCCCOC1(C)C=CC(C(=O)Oc2ccc(OC(=O)C3=CCC(C)(OCCCOC(=O)C=C)C=C3)c(C)c2)=CC1. The maximum atomic E-state index is 12.8. The van der Waals surface area contributed by atoms with Gasteiger partial charge in [0.05, 0.1) is 48.8 Å². The van der Waals surface area contributed by atoms with Gasteiger partial charge in [-0.1, -0.05) is 37.5 Å². The maximum Gasteiger partial charge on any atom is 0.343 e. The Kier molecular flexibility index (Phi) is 12.8. The molecule has 0 N–H and O–H groups in total. The molecule has 3 rings (SSSR count). The minimum Gasteiger partial charge on any atom is -0.462 e. The van der Waals surface area contributed by atoms with E-state index in [2.05, 4.69) is 13.2 Å². The summed E-state index contributed by atoms with van der Waals surface area (Å²) in [5.41, 5.74) is 0.228. The number of hydrogen-bond donors (Lipinski definition) is 0. The average molecular weight is 621 g/mol. The molecular formula is C35H40O10. The molecule has 10 nitrogen and oxygen atoms in total. The molecule has 0 bridgehead atoms. The molecule has 2 aliphatic rings. The van der Waals surface area contributed by atoms with Crippen molar-refractivity contribution in [2.24, 2.45) is 0 Å². The van der Waals surface area contributed by atoms with Gasteiger partial charge in [-0.15, -0.1) is 0 Å². The van der Waals surface area contributed by atoms with Crippen molar-refractivity contribution in [3.8, 4) is 11.5 Å². The normalized spacial score (nSPS) is 20.3. The summed E-state index contributed by atoms with van der Waals surface area (Å²) in [5, 5.41) is 0. The summed E-state index contributed by atoms with van der Waals surface area (Å²) in [6.45, 7) is 13.5. The largest absolute Gasteiger partial charge is 0.462 e. The van der Waals surface area contributed by atoms with Crippen LogP contribution >= 0.6 is 0 Å². The second-order valence-corrected chi connectivity index (χ2v) is 10.9. The Morgan fingerprint density at radius 1 is 0.756 bits per heavy atom. The molecule has 240 valence electrons. The number of aryl methyl sites for hydroxylation is 1. The molecule has 0 saturated heterocycles. The van der Waals surface area contributed by atoms with Crippen molar-refractivity contribution in [2.75, 3.05) is 26.4 Å². The van der Waals surface area contributed by atoms with E-state index in [0.717, 1.165) is 12.2 Å². The first-order chi connectivity index (χ1) is 21.5. The van der Waals surface area contributed by atoms with Crippen LogP contribution in [0.4, 0.5) is 0 Å². The van der Waals surface area contributed by atoms with Crippen LogP contribution in [-0.4, -0.2) is 61.5 Å². The van der Waals surface area contributed by atoms with Crippen LogP contribution in [0.2, 0.25) is 0 Å². The molecule has 0 aliphatic heterocycles. The average Bonchev–Trinajstić information content (AvgIpc) is 3.02. The minimum atomic E-state index is -0.592. The fourth-order valence-corrected chi connectivity index (χ4v) is 4.26. The van der Waals surface area contributed by atoms with Crippen LogP contribution in [0.3, 0.4) is 0 Å². The molecule has 0 aromatic heterocycles. The minimum absolute atomic E-state index is 0.236. The Hall–Kier alpha value is -4.54. The summed E-state index contributed by atoms with van der Waals surface area (Å²) >= 11 is 0. The molecule has 2 unspecified atom stereocenters. The highest BCUT2D eigenvalue weighted by atomic mass is 16.6. The molecule has 0 heterocycles. The molecule has 0 saturated carbocycles. The lowest BCUT2D eigenvalue weighted by Gasteiger charge is -2.28. The van der Waals surface area contributed by atoms with Crippen molar-refractivity contribution < 1.29 is 47.6 Å². The van der Waals surface area contributed by atoms with E-state index >= 15 is 0 Å². The molecule has 2 atom stereocenters. The van der Waals surface area contributed by atoms with Gasteiger partial charge < -0.3 is 28.4 Å². The number of ether oxygens (including phenoxy) is 6. The fraction of sp³-hybridized carbons (Fsp3) is 0.371. The molecule has 2 aliphatic carbocycles. The number of carbonyl (C=O) groups is 4. The van der Waals surface area contributed by atoms with Gasteiger partial charge in [0.1, 0.15) is 11.5 Å². The highest BCUT2D eigenvalue weighted by Crippen LogP contribution is 2.29. The molecule has 45 heavy (non-hydrogen) atoms. The van der Waals surface area contributed by atoms with Gasteiger partial charge in [0.25, 0.3) is 0 Å². The van der Waals surface area contributed by atoms with Crippen molar-refractivity contribution in [3.63, 3.8) is 0 Å². The van der Waals surface area contributed by atoms with Gasteiger partial charge in [-0.05, 0) is 69.5 Å². The van der Waals surface area contributed by atoms with Gasteiger partial charge >= 0.3 is 23.9 Å². The fourth-order valence-electron chi connectivity index (χ4n) is 4.26. The van der Waals surface area contributed by atoms with Crippen LogP contribution in [0.1, 0.15) is 45.1 Å².